The van der Waals surface area contributed by atoms with Gasteiger partial charge >= 0.3 is 6.09 Å². The molecular formula is C14H16ClN4O4. The number of carbonyl (C=O) groups is 2. The van der Waals surface area contributed by atoms with Crippen LogP contribution in [0.4, 0.5) is 16.2 Å². The summed E-state index contributed by atoms with van der Waals surface area (Å²) in [7, 11) is 1.22. The Kier molecular flexibility index (Phi) is 6.40. The number of methoxy groups -OCH3 is 1. The Balaban J connectivity index is 0.00000264. The molecule has 9 heteroatoms. The van der Waals surface area contributed by atoms with Gasteiger partial charge in [-0.3, -0.25) is 10.1 Å². The van der Waals surface area contributed by atoms with E-state index in [2.05, 4.69) is 20.4 Å². The van der Waals surface area contributed by atoms with Crippen LogP contribution in [0.2, 0.25) is 0 Å². The fourth-order valence-corrected chi connectivity index (χ4v) is 1.80. The van der Waals surface area contributed by atoms with Crippen LogP contribution in [-0.2, 0) is 9.53 Å². The quantitative estimate of drug-likeness (QED) is 0.553. The molecule has 3 N–H and O–H groups in total. The number of nitrogens with one attached hydrogen (secondary N) is 2. The van der Waals surface area contributed by atoms with Crippen molar-refractivity contribution in [3.8, 4) is 5.75 Å². The van der Waals surface area contributed by atoms with E-state index in [1.165, 1.54) is 19.2 Å². The second-order valence-corrected chi connectivity index (χ2v) is 4.50. The topological polar surface area (TPSA) is 105 Å². The Labute approximate surface area is 139 Å². The summed E-state index contributed by atoms with van der Waals surface area (Å²) in [4.78, 5) is 28.7. The van der Waals surface area contributed by atoms with Crippen LogP contribution in [0.15, 0.2) is 30.6 Å². The molecule has 0 fully saturated rings. The van der Waals surface area contributed by atoms with Gasteiger partial charge in [0.1, 0.15) is 11.9 Å². The maximum atomic E-state index is 11.9. The molecule has 1 aromatic carbocycles. The summed E-state index contributed by atoms with van der Waals surface area (Å²) in [5, 5.41) is 14.8. The summed E-state index contributed by atoms with van der Waals surface area (Å²) in [5.74, 6) is 0.298. The summed E-state index contributed by atoms with van der Waals surface area (Å²) in [6.07, 6.45) is 2.62. The van der Waals surface area contributed by atoms with Gasteiger partial charge in [-0.2, -0.15) is 0 Å². The minimum atomic E-state index is -0.692. The van der Waals surface area contributed by atoms with E-state index < -0.39 is 6.09 Å². The minimum Gasteiger partial charge on any atom is -1.00 e. The van der Waals surface area contributed by atoms with E-state index in [0.29, 0.717) is 5.69 Å². The number of carbonyl (C=O) groups excluding carboxylic acids is 2. The Morgan fingerprint density at radius 2 is 2.09 bits per heavy atom. The first-order chi connectivity index (χ1) is 10.5. The number of hydrogen-bond acceptors (Lipinski definition) is 6. The van der Waals surface area contributed by atoms with Crippen LogP contribution in [0, 0.1) is 0 Å². The average Bonchev–Trinajstić information content (AvgIpc) is 2.87. The number of hydrogen-bond donors (Lipinski definition) is 3. The number of phenols is 1. The molecule has 1 radical (unpaired) electrons. The highest BCUT2D eigenvalue weighted by molar-refractivity contribution is 5.96. The fourth-order valence-electron chi connectivity index (χ4n) is 1.80. The van der Waals surface area contributed by atoms with Crippen LogP contribution in [0.5, 0.6) is 5.75 Å². The van der Waals surface area contributed by atoms with Gasteiger partial charge in [0.05, 0.1) is 12.8 Å². The molecule has 2 rings (SSSR count). The summed E-state index contributed by atoms with van der Waals surface area (Å²) < 4.78 is 4.43. The van der Waals surface area contributed by atoms with Crippen molar-refractivity contribution in [2.45, 2.75) is 6.92 Å². The minimum absolute atomic E-state index is 0. The van der Waals surface area contributed by atoms with E-state index >= 15 is 0 Å². The average molecular weight is 340 g/mol. The second kappa shape index (κ2) is 8.04. The smallest absolute Gasteiger partial charge is 0.411 e. The molecule has 1 aromatic rings. The largest absolute Gasteiger partial charge is 1.00 e. The molecule has 0 spiro atoms. The van der Waals surface area contributed by atoms with Crippen molar-refractivity contribution in [2.24, 2.45) is 0 Å². The third kappa shape index (κ3) is 4.89. The Bertz CT molecular complexity index is 660. The first-order valence-corrected chi connectivity index (χ1v) is 6.45. The van der Waals surface area contributed by atoms with Crippen LogP contribution in [0.3, 0.4) is 0 Å². The van der Waals surface area contributed by atoms with Crippen LogP contribution in [0.1, 0.15) is 6.92 Å². The summed E-state index contributed by atoms with van der Waals surface area (Å²) in [5.41, 5.74) is 0.603. The number of nitrogens with zero attached hydrogens (tertiary/aromatic N) is 2. The number of aliphatic imine (C=N–C) groups is 1. The first-order valence-electron chi connectivity index (χ1n) is 6.45. The van der Waals surface area contributed by atoms with Crippen molar-refractivity contribution >= 4 is 29.2 Å². The molecule has 0 atom stereocenters. The molecule has 1 aliphatic heterocycles. The number of rotatable bonds is 4. The molecule has 0 saturated carbocycles. The predicted molar refractivity (Wildman–Crippen MR) is 81.4 cm³/mol. The number of aromatic hydroxyl groups is 1. The number of benzene rings is 1. The lowest BCUT2D eigenvalue weighted by Crippen LogP contribution is -3.00. The highest BCUT2D eigenvalue weighted by atomic mass is 35.5. The molecule has 23 heavy (non-hydrogen) atoms. The van der Waals surface area contributed by atoms with Gasteiger partial charge in [0.15, 0.2) is 12.7 Å². The maximum Gasteiger partial charge on any atom is 0.411 e. The Hall–Kier alpha value is -2.74. The Morgan fingerprint density at radius 1 is 1.35 bits per heavy atom. The number of phenolic OH excluding ortho intramolecular Hbond substituents is 1. The molecule has 0 aromatic heterocycles. The van der Waals surface area contributed by atoms with Crippen LogP contribution >= 0.6 is 0 Å². The van der Waals surface area contributed by atoms with Gasteiger partial charge in [-0.15, -0.1) is 0 Å². The van der Waals surface area contributed by atoms with Crippen LogP contribution in [-0.4, -0.2) is 41.5 Å². The zero-order valence-electron chi connectivity index (χ0n) is 12.5. The van der Waals surface area contributed by atoms with Crippen molar-refractivity contribution in [1.29, 1.82) is 0 Å². The molecule has 0 unspecified atom stereocenters. The molecular weight excluding hydrogens is 324 g/mol. The SMILES string of the molecule is COC(=O)Nc1ccc(NC(=O)CN2C=C[N+]=C2C)cc1O.[Cl-]. The van der Waals surface area contributed by atoms with E-state index in [0.717, 1.165) is 5.84 Å². The van der Waals surface area contributed by atoms with Crippen molar-refractivity contribution in [1.82, 2.24) is 9.89 Å². The molecule has 0 aliphatic carbocycles. The highest BCUT2D eigenvalue weighted by Crippen LogP contribution is 2.26. The van der Waals surface area contributed by atoms with Crippen LogP contribution < -0.4 is 28.0 Å². The van der Waals surface area contributed by atoms with Crippen molar-refractivity contribution in [3.05, 3.63) is 30.6 Å². The maximum absolute atomic E-state index is 11.9. The molecule has 123 valence electrons. The second-order valence-electron chi connectivity index (χ2n) is 4.50. The zero-order valence-corrected chi connectivity index (χ0v) is 13.3. The fraction of sp³-hybridized carbons (Fsp3) is 0.214. The summed E-state index contributed by atoms with van der Waals surface area (Å²) in [6.45, 7) is 1.92. The molecule has 1 heterocycles. The van der Waals surface area contributed by atoms with Gasteiger partial charge in [-0.05, 0) is 12.1 Å². The third-order valence-electron chi connectivity index (χ3n) is 2.94. The van der Waals surface area contributed by atoms with Gasteiger partial charge in [0.25, 0.3) is 11.7 Å². The summed E-state index contributed by atoms with van der Waals surface area (Å²) >= 11 is 0. The van der Waals surface area contributed by atoms with E-state index in [1.807, 2.05) is 0 Å². The lowest BCUT2D eigenvalue weighted by atomic mass is 10.2. The molecule has 2 amide bonds. The highest BCUT2D eigenvalue weighted by Gasteiger charge is 2.21. The van der Waals surface area contributed by atoms with Crippen molar-refractivity contribution in [3.63, 3.8) is 0 Å². The standard InChI is InChI=1S/C14H16N4O4.ClH/c1-9-15-5-6-18(9)8-13(20)16-10-3-4-11(12(19)7-10)17-14(21)22-2;/h3-7,19H,8H2,1-2H3,(H,16,20)(H,17,21);1H/q+1;/p-1. The van der Waals surface area contributed by atoms with Gasteiger partial charge in [0, 0.05) is 18.7 Å². The zero-order chi connectivity index (χ0) is 16.1. The summed E-state index contributed by atoms with van der Waals surface area (Å²) in [6, 6.07) is 4.36. The van der Waals surface area contributed by atoms with Gasteiger partial charge in [0.2, 0.25) is 0 Å². The molecule has 1 aliphatic rings. The number of anilines is 2. The molecule has 0 bridgehead atoms. The molecule has 0 saturated heterocycles. The Morgan fingerprint density at radius 3 is 2.65 bits per heavy atom. The normalized spacial score (nSPS) is 12.3. The third-order valence-corrected chi connectivity index (χ3v) is 2.94. The van der Waals surface area contributed by atoms with E-state index in [-0.39, 0.29) is 36.3 Å². The van der Waals surface area contributed by atoms with E-state index in [4.69, 9.17) is 0 Å². The number of halogens is 1. The number of ether oxygens (including phenoxy) is 1. The lowest BCUT2D eigenvalue weighted by molar-refractivity contribution is -0.116. The predicted octanol–water partition coefficient (Wildman–Crippen LogP) is -1.95. The monoisotopic (exact) mass is 339 g/mol. The van der Waals surface area contributed by atoms with E-state index in [1.54, 1.807) is 30.3 Å². The van der Waals surface area contributed by atoms with Gasteiger partial charge in [-0.1, -0.05) is 4.99 Å². The first kappa shape index (κ1) is 18.3. The van der Waals surface area contributed by atoms with Crippen molar-refractivity contribution in [2.75, 3.05) is 24.3 Å². The van der Waals surface area contributed by atoms with Crippen LogP contribution in [0.25, 0.3) is 0 Å². The number of amidine groups is 1. The lowest BCUT2D eigenvalue weighted by Gasteiger charge is -2.10. The van der Waals surface area contributed by atoms with Gasteiger partial charge < -0.3 is 27.6 Å². The van der Waals surface area contributed by atoms with Gasteiger partial charge in [-0.25, -0.2) is 9.69 Å². The van der Waals surface area contributed by atoms with E-state index in [9.17, 15) is 14.7 Å². The molecule has 8 nitrogen and oxygen atoms in total. The van der Waals surface area contributed by atoms with Crippen molar-refractivity contribution < 1.29 is 31.8 Å². The number of amides is 2.